The monoisotopic (exact) mass is 173 g/mol. The van der Waals surface area contributed by atoms with Crippen molar-refractivity contribution < 1.29 is 9.53 Å². The number of methoxy groups -OCH3 is 1. The SMILES string of the molecule is CCCCCC(=O)NCCOC. The summed E-state index contributed by atoms with van der Waals surface area (Å²) in [6.07, 6.45) is 3.94. The van der Waals surface area contributed by atoms with Crippen molar-refractivity contribution in [2.45, 2.75) is 32.6 Å². The molecule has 0 unspecified atom stereocenters. The van der Waals surface area contributed by atoms with E-state index in [0.29, 0.717) is 19.6 Å². The fraction of sp³-hybridized carbons (Fsp3) is 0.889. The molecular formula is C9H19NO2. The van der Waals surface area contributed by atoms with E-state index in [1.165, 1.54) is 0 Å². The lowest BCUT2D eigenvalue weighted by atomic mass is 10.2. The van der Waals surface area contributed by atoms with Gasteiger partial charge in [0.1, 0.15) is 0 Å². The Kier molecular flexibility index (Phi) is 8.12. The van der Waals surface area contributed by atoms with Crippen LogP contribution in [-0.2, 0) is 9.53 Å². The van der Waals surface area contributed by atoms with Crippen molar-refractivity contribution in [3.63, 3.8) is 0 Å². The van der Waals surface area contributed by atoms with Crippen LogP contribution < -0.4 is 5.32 Å². The van der Waals surface area contributed by atoms with Crippen molar-refractivity contribution in [3.05, 3.63) is 0 Å². The van der Waals surface area contributed by atoms with Crippen LogP contribution in [0, 0.1) is 0 Å². The Morgan fingerprint density at radius 2 is 2.17 bits per heavy atom. The molecule has 0 aromatic carbocycles. The summed E-state index contributed by atoms with van der Waals surface area (Å²) in [7, 11) is 1.63. The molecule has 3 nitrogen and oxygen atoms in total. The number of rotatable bonds is 7. The zero-order valence-corrected chi connectivity index (χ0v) is 8.06. The topological polar surface area (TPSA) is 38.3 Å². The molecule has 0 heterocycles. The summed E-state index contributed by atoms with van der Waals surface area (Å²) >= 11 is 0. The molecule has 0 aliphatic carbocycles. The second-order valence-corrected chi connectivity index (χ2v) is 2.80. The van der Waals surface area contributed by atoms with Gasteiger partial charge in [0.25, 0.3) is 0 Å². The van der Waals surface area contributed by atoms with E-state index in [1.807, 2.05) is 0 Å². The quantitative estimate of drug-likeness (QED) is 0.590. The van der Waals surface area contributed by atoms with Gasteiger partial charge < -0.3 is 10.1 Å². The molecule has 0 aromatic heterocycles. The highest BCUT2D eigenvalue weighted by Gasteiger charge is 1.98. The number of carbonyl (C=O) groups excluding carboxylic acids is 1. The molecule has 0 aromatic rings. The number of hydrogen-bond acceptors (Lipinski definition) is 2. The summed E-state index contributed by atoms with van der Waals surface area (Å²) < 4.78 is 4.80. The van der Waals surface area contributed by atoms with Gasteiger partial charge in [-0.1, -0.05) is 19.8 Å². The van der Waals surface area contributed by atoms with Gasteiger partial charge in [-0.3, -0.25) is 4.79 Å². The van der Waals surface area contributed by atoms with Crippen LogP contribution in [0.1, 0.15) is 32.6 Å². The Bertz CT molecular complexity index is 103. The van der Waals surface area contributed by atoms with Gasteiger partial charge in [0.15, 0.2) is 0 Å². The summed E-state index contributed by atoms with van der Waals surface area (Å²) in [5.41, 5.74) is 0. The molecule has 0 spiro atoms. The predicted octanol–water partition coefficient (Wildman–Crippen LogP) is 1.33. The molecule has 0 bridgehead atoms. The van der Waals surface area contributed by atoms with E-state index in [4.69, 9.17) is 4.74 Å². The second-order valence-electron chi connectivity index (χ2n) is 2.80. The lowest BCUT2D eigenvalue weighted by molar-refractivity contribution is -0.121. The third-order valence-corrected chi connectivity index (χ3v) is 1.64. The molecule has 72 valence electrons. The molecule has 0 radical (unpaired) electrons. The molecule has 0 fully saturated rings. The van der Waals surface area contributed by atoms with E-state index in [9.17, 15) is 4.79 Å². The van der Waals surface area contributed by atoms with Crippen molar-refractivity contribution >= 4 is 5.91 Å². The van der Waals surface area contributed by atoms with Crippen LogP contribution in [0.4, 0.5) is 0 Å². The predicted molar refractivity (Wildman–Crippen MR) is 49.0 cm³/mol. The highest BCUT2D eigenvalue weighted by molar-refractivity contribution is 5.75. The van der Waals surface area contributed by atoms with Gasteiger partial charge in [-0.15, -0.1) is 0 Å². The fourth-order valence-electron chi connectivity index (χ4n) is 0.916. The Morgan fingerprint density at radius 1 is 1.42 bits per heavy atom. The Hall–Kier alpha value is -0.570. The first-order valence-electron chi connectivity index (χ1n) is 4.57. The maximum Gasteiger partial charge on any atom is 0.220 e. The maximum atomic E-state index is 11.0. The van der Waals surface area contributed by atoms with E-state index in [1.54, 1.807) is 7.11 Å². The van der Waals surface area contributed by atoms with Gasteiger partial charge in [0.05, 0.1) is 6.61 Å². The highest BCUT2D eigenvalue weighted by Crippen LogP contribution is 1.97. The third-order valence-electron chi connectivity index (χ3n) is 1.64. The third kappa shape index (κ3) is 7.54. The van der Waals surface area contributed by atoms with Gasteiger partial charge >= 0.3 is 0 Å². The van der Waals surface area contributed by atoms with E-state index in [0.717, 1.165) is 19.3 Å². The fourth-order valence-corrected chi connectivity index (χ4v) is 0.916. The molecule has 1 amide bonds. The molecule has 12 heavy (non-hydrogen) atoms. The Morgan fingerprint density at radius 3 is 2.75 bits per heavy atom. The maximum absolute atomic E-state index is 11.0. The lowest BCUT2D eigenvalue weighted by Crippen LogP contribution is -2.26. The van der Waals surface area contributed by atoms with Crippen LogP contribution in [0.2, 0.25) is 0 Å². The van der Waals surface area contributed by atoms with Crippen LogP contribution in [0.5, 0.6) is 0 Å². The molecule has 0 saturated heterocycles. The van der Waals surface area contributed by atoms with E-state index in [2.05, 4.69) is 12.2 Å². The molecule has 0 aliphatic rings. The van der Waals surface area contributed by atoms with Crippen molar-refractivity contribution in [1.82, 2.24) is 5.32 Å². The van der Waals surface area contributed by atoms with Crippen molar-refractivity contribution in [3.8, 4) is 0 Å². The molecule has 0 atom stereocenters. The van der Waals surface area contributed by atoms with Crippen LogP contribution in [0.15, 0.2) is 0 Å². The number of carbonyl (C=O) groups is 1. The first kappa shape index (κ1) is 11.4. The molecule has 0 aliphatic heterocycles. The minimum Gasteiger partial charge on any atom is -0.383 e. The zero-order chi connectivity index (χ0) is 9.23. The summed E-state index contributed by atoms with van der Waals surface area (Å²) in [5.74, 6) is 0.139. The lowest BCUT2D eigenvalue weighted by Gasteiger charge is -2.03. The standard InChI is InChI=1S/C9H19NO2/c1-3-4-5-6-9(11)10-7-8-12-2/h3-8H2,1-2H3,(H,10,11). The average molecular weight is 173 g/mol. The van der Waals surface area contributed by atoms with Crippen molar-refractivity contribution in [2.24, 2.45) is 0 Å². The average Bonchev–Trinajstić information content (AvgIpc) is 2.06. The van der Waals surface area contributed by atoms with Crippen LogP contribution in [-0.4, -0.2) is 26.2 Å². The van der Waals surface area contributed by atoms with Crippen molar-refractivity contribution in [2.75, 3.05) is 20.3 Å². The molecule has 1 N–H and O–H groups in total. The van der Waals surface area contributed by atoms with Gasteiger partial charge in [0, 0.05) is 20.1 Å². The van der Waals surface area contributed by atoms with Crippen LogP contribution >= 0.6 is 0 Å². The van der Waals surface area contributed by atoms with E-state index < -0.39 is 0 Å². The summed E-state index contributed by atoms with van der Waals surface area (Å²) in [6.45, 7) is 3.35. The summed E-state index contributed by atoms with van der Waals surface area (Å²) in [4.78, 5) is 11.0. The normalized spacial score (nSPS) is 9.83. The van der Waals surface area contributed by atoms with Crippen molar-refractivity contribution in [1.29, 1.82) is 0 Å². The number of nitrogens with one attached hydrogen (secondary N) is 1. The van der Waals surface area contributed by atoms with E-state index in [-0.39, 0.29) is 5.91 Å². The molecule has 0 saturated carbocycles. The smallest absolute Gasteiger partial charge is 0.220 e. The van der Waals surface area contributed by atoms with Gasteiger partial charge in [-0.05, 0) is 6.42 Å². The van der Waals surface area contributed by atoms with Gasteiger partial charge in [0.2, 0.25) is 5.91 Å². The zero-order valence-electron chi connectivity index (χ0n) is 8.06. The van der Waals surface area contributed by atoms with E-state index >= 15 is 0 Å². The molecule has 0 rings (SSSR count). The Labute approximate surface area is 74.5 Å². The minimum atomic E-state index is 0.139. The van der Waals surface area contributed by atoms with Gasteiger partial charge in [-0.25, -0.2) is 0 Å². The van der Waals surface area contributed by atoms with Crippen LogP contribution in [0.3, 0.4) is 0 Å². The molecular weight excluding hydrogens is 154 g/mol. The largest absolute Gasteiger partial charge is 0.383 e. The highest BCUT2D eigenvalue weighted by atomic mass is 16.5. The molecule has 3 heteroatoms. The second kappa shape index (κ2) is 8.53. The number of unbranched alkanes of at least 4 members (excludes halogenated alkanes) is 2. The Balaban J connectivity index is 3.10. The van der Waals surface area contributed by atoms with Crippen LogP contribution in [0.25, 0.3) is 0 Å². The number of hydrogen-bond donors (Lipinski definition) is 1. The minimum absolute atomic E-state index is 0.139. The van der Waals surface area contributed by atoms with Gasteiger partial charge in [-0.2, -0.15) is 0 Å². The first-order chi connectivity index (χ1) is 5.81. The number of ether oxygens (including phenoxy) is 1. The first-order valence-corrected chi connectivity index (χ1v) is 4.57. The summed E-state index contributed by atoms with van der Waals surface area (Å²) in [6, 6.07) is 0. The summed E-state index contributed by atoms with van der Waals surface area (Å²) in [5, 5.41) is 2.78. The number of amides is 1.